The van der Waals surface area contributed by atoms with Gasteiger partial charge in [-0.2, -0.15) is 0 Å². The molecule has 0 aliphatic carbocycles. The lowest BCUT2D eigenvalue weighted by Crippen LogP contribution is -1.94. The van der Waals surface area contributed by atoms with Gasteiger partial charge in [0.25, 0.3) is 0 Å². The number of carbonyl (C=O) groups is 1. The first-order chi connectivity index (χ1) is 5.16. The summed E-state index contributed by atoms with van der Waals surface area (Å²) in [5.74, 6) is 0. The summed E-state index contributed by atoms with van der Waals surface area (Å²) in [6.45, 7) is 0. The van der Waals surface area contributed by atoms with Crippen LogP contribution in [0.25, 0.3) is 0 Å². The third-order valence-corrected chi connectivity index (χ3v) is 2.91. The summed E-state index contributed by atoms with van der Waals surface area (Å²) in [5.41, 5.74) is 6.28. The summed E-state index contributed by atoms with van der Waals surface area (Å²) in [6.07, 6.45) is 0.666. The molecule has 1 aromatic carbocycles. The first kappa shape index (κ1) is 8.80. The van der Waals surface area contributed by atoms with Gasteiger partial charge in [-0.05, 0) is 34.7 Å². The molecule has 1 aromatic rings. The van der Waals surface area contributed by atoms with E-state index in [2.05, 4.69) is 0 Å². The maximum absolute atomic E-state index is 10.4. The molecule has 0 radical (unpaired) electrons. The van der Waals surface area contributed by atoms with E-state index in [0.29, 0.717) is 22.6 Å². The first-order valence-electron chi connectivity index (χ1n) is 2.85. The Kier molecular flexibility index (Phi) is 2.72. The highest BCUT2D eigenvalue weighted by molar-refractivity contribution is 14.1. The van der Waals surface area contributed by atoms with Gasteiger partial charge in [0, 0.05) is 9.26 Å². The van der Waals surface area contributed by atoms with E-state index in [9.17, 15) is 4.79 Å². The van der Waals surface area contributed by atoms with Gasteiger partial charge in [-0.3, -0.25) is 4.79 Å². The highest BCUT2D eigenvalue weighted by Crippen LogP contribution is 2.25. The van der Waals surface area contributed by atoms with Crippen molar-refractivity contribution in [2.24, 2.45) is 0 Å². The fourth-order valence-corrected chi connectivity index (χ4v) is 1.39. The number of carbonyl (C=O) groups excluding carboxylic acids is 1. The minimum absolute atomic E-state index is 0.374. The average molecular weight is 281 g/mol. The minimum Gasteiger partial charge on any atom is -0.398 e. The number of anilines is 1. The van der Waals surface area contributed by atoms with Crippen molar-refractivity contribution in [3.05, 3.63) is 26.3 Å². The molecule has 58 valence electrons. The lowest BCUT2D eigenvalue weighted by atomic mass is 10.2. The van der Waals surface area contributed by atoms with Crippen molar-refractivity contribution in [1.29, 1.82) is 0 Å². The van der Waals surface area contributed by atoms with Crippen molar-refractivity contribution < 1.29 is 4.79 Å². The van der Waals surface area contributed by atoms with Gasteiger partial charge >= 0.3 is 0 Å². The Hall–Kier alpha value is -0.290. The summed E-state index contributed by atoms with van der Waals surface area (Å²) in [4.78, 5) is 10.4. The third-order valence-electron chi connectivity index (χ3n) is 1.28. The van der Waals surface area contributed by atoms with E-state index < -0.39 is 0 Å². The minimum atomic E-state index is 0.374. The van der Waals surface area contributed by atoms with Gasteiger partial charge in [0.05, 0.1) is 10.6 Å². The molecule has 0 fully saturated rings. The Bertz CT molecular complexity index is 301. The molecule has 0 aliphatic heterocycles. The van der Waals surface area contributed by atoms with Crippen molar-refractivity contribution in [2.75, 3.05) is 5.73 Å². The van der Waals surface area contributed by atoms with Gasteiger partial charge < -0.3 is 5.73 Å². The summed E-state index contributed by atoms with van der Waals surface area (Å²) < 4.78 is 0.834. The van der Waals surface area contributed by atoms with E-state index in [-0.39, 0.29) is 0 Å². The number of halogens is 2. The highest BCUT2D eigenvalue weighted by atomic mass is 127. The molecule has 2 nitrogen and oxygen atoms in total. The summed E-state index contributed by atoms with van der Waals surface area (Å²) in [6, 6.07) is 3.43. The van der Waals surface area contributed by atoms with E-state index >= 15 is 0 Å². The second kappa shape index (κ2) is 3.40. The van der Waals surface area contributed by atoms with E-state index in [1.807, 2.05) is 22.6 Å². The molecule has 1 rings (SSSR count). The smallest absolute Gasteiger partial charge is 0.153 e. The van der Waals surface area contributed by atoms with Crippen molar-refractivity contribution in [3.63, 3.8) is 0 Å². The second-order valence-corrected chi connectivity index (χ2v) is 3.52. The fraction of sp³-hybridized carbons (Fsp3) is 0. The van der Waals surface area contributed by atoms with Gasteiger partial charge in [-0.25, -0.2) is 0 Å². The van der Waals surface area contributed by atoms with Crippen molar-refractivity contribution in [2.45, 2.75) is 0 Å². The molecular weight excluding hydrogens is 276 g/mol. The Morgan fingerprint density at radius 1 is 1.55 bits per heavy atom. The Balaban J connectivity index is 3.40. The molecule has 0 atom stereocenters. The largest absolute Gasteiger partial charge is 0.398 e. The van der Waals surface area contributed by atoms with E-state index in [1.165, 1.54) is 0 Å². The zero-order valence-electron chi connectivity index (χ0n) is 5.47. The maximum atomic E-state index is 10.4. The number of aldehydes is 1. The molecular formula is C7H5ClINO. The Morgan fingerprint density at radius 2 is 2.18 bits per heavy atom. The number of rotatable bonds is 1. The molecule has 0 bridgehead atoms. The van der Waals surface area contributed by atoms with Crippen LogP contribution in [0.1, 0.15) is 10.4 Å². The maximum Gasteiger partial charge on any atom is 0.153 e. The Labute approximate surface area is 82.9 Å². The SMILES string of the molecule is Nc1ccc(I)c(Cl)c1C=O. The van der Waals surface area contributed by atoms with Gasteiger partial charge in [0.15, 0.2) is 6.29 Å². The van der Waals surface area contributed by atoms with Crippen LogP contribution in [0.5, 0.6) is 0 Å². The van der Waals surface area contributed by atoms with Crippen LogP contribution in [0.15, 0.2) is 12.1 Å². The number of benzene rings is 1. The number of hydrogen-bond donors (Lipinski definition) is 1. The molecule has 0 saturated heterocycles. The van der Waals surface area contributed by atoms with Gasteiger partial charge in [-0.15, -0.1) is 0 Å². The van der Waals surface area contributed by atoms with Crippen LogP contribution in [-0.2, 0) is 0 Å². The molecule has 11 heavy (non-hydrogen) atoms. The molecule has 2 N–H and O–H groups in total. The fourth-order valence-electron chi connectivity index (χ4n) is 0.701. The van der Waals surface area contributed by atoms with Crippen LogP contribution in [0.3, 0.4) is 0 Å². The van der Waals surface area contributed by atoms with Crippen LogP contribution in [0.2, 0.25) is 5.02 Å². The van der Waals surface area contributed by atoms with Crippen LogP contribution in [0, 0.1) is 3.57 Å². The van der Waals surface area contributed by atoms with Crippen molar-refractivity contribution in [1.82, 2.24) is 0 Å². The summed E-state index contributed by atoms with van der Waals surface area (Å²) in [7, 11) is 0. The quantitative estimate of drug-likeness (QED) is 0.488. The molecule has 0 aromatic heterocycles. The van der Waals surface area contributed by atoms with Crippen LogP contribution in [0.4, 0.5) is 5.69 Å². The van der Waals surface area contributed by atoms with Gasteiger partial charge in [0.2, 0.25) is 0 Å². The number of hydrogen-bond acceptors (Lipinski definition) is 2. The number of nitrogen functional groups attached to an aromatic ring is 1. The number of nitrogens with two attached hydrogens (primary N) is 1. The normalized spacial score (nSPS) is 9.64. The molecule has 0 amide bonds. The van der Waals surface area contributed by atoms with Crippen LogP contribution in [-0.4, -0.2) is 6.29 Å². The van der Waals surface area contributed by atoms with E-state index in [1.54, 1.807) is 12.1 Å². The van der Waals surface area contributed by atoms with Gasteiger partial charge in [-0.1, -0.05) is 11.6 Å². The lowest BCUT2D eigenvalue weighted by Gasteiger charge is -2.01. The zero-order valence-corrected chi connectivity index (χ0v) is 8.39. The van der Waals surface area contributed by atoms with Crippen molar-refractivity contribution >= 4 is 46.2 Å². The monoisotopic (exact) mass is 281 g/mol. The molecule has 0 saturated carbocycles. The molecule has 0 unspecified atom stereocenters. The predicted molar refractivity (Wildman–Crippen MR) is 54.0 cm³/mol. The van der Waals surface area contributed by atoms with Crippen LogP contribution < -0.4 is 5.73 Å². The van der Waals surface area contributed by atoms with Crippen LogP contribution >= 0.6 is 34.2 Å². The molecule has 0 spiro atoms. The van der Waals surface area contributed by atoms with E-state index in [0.717, 1.165) is 3.57 Å². The molecule has 4 heteroatoms. The standard InChI is InChI=1S/C7H5ClINO/c8-7-4(3-11)6(10)2-1-5(7)9/h1-3H,10H2. The lowest BCUT2D eigenvalue weighted by molar-refractivity contribution is 0.112. The Morgan fingerprint density at radius 3 is 2.64 bits per heavy atom. The highest BCUT2D eigenvalue weighted by Gasteiger charge is 2.06. The topological polar surface area (TPSA) is 43.1 Å². The third kappa shape index (κ3) is 1.65. The summed E-state index contributed by atoms with van der Waals surface area (Å²) in [5, 5.41) is 0.431. The van der Waals surface area contributed by atoms with Crippen molar-refractivity contribution in [3.8, 4) is 0 Å². The van der Waals surface area contributed by atoms with Gasteiger partial charge in [0.1, 0.15) is 0 Å². The predicted octanol–water partition coefficient (Wildman–Crippen LogP) is 2.34. The second-order valence-electron chi connectivity index (χ2n) is 1.98. The first-order valence-corrected chi connectivity index (χ1v) is 4.31. The molecule has 0 aliphatic rings. The summed E-state index contributed by atoms with van der Waals surface area (Å²) >= 11 is 7.82. The molecule has 0 heterocycles. The van der Waals surface area contributed by atoms with E-state index in [4.69, 9.17) is 17.3 Å². The average Bonchev–Trinajstić information content (AvgIpc) is 1.99. The zero-order chi connectivity index (χ0) is 8.43.